The summed E-state index contributed by atoms with van der Waals surface area (Å²) in [5.74, 6) is 0. The molecule has 0 fully saturated rings. The first-order chi connectivity index (χ1) is 6.25. The fourth-order valence-electron chi connectivity index (χ4n) is 0.996. The van der Waals surface area contributed by atoms with Gasteiger partial charge in [0, 0.05) is 18.8 Å². The number of rotatable bonds is 1. The Balaban J connectivity index is 3.90. The van der Waals surface area contributed by atoms with E-state index >= 15 is 0 Å². The quantitative estimate of drug-likeness (QED) is 0.581. The lowest BCUT2D eigenvalue weighted by atomic mass is 10.4. The van der Waals surface area contributed by atoms with Gasteiger partial charge in [-0.3, -0.25) is 13.9 Å². The van der Waals surface area contributed by atoms with E-state index < -0.39 is 21.6 Å². The molecule has 14 heavy (non-hydrogen) atoms. The van der Waals surface area contributed by atoms with E-state index in [2.05, 4.69) is 0 Å². The zero-order valence-electron chi connectivity index (χ0n) is 7.46. The zero-order chi connectivity index (χ0) is 11.1. The summed E-state index contributed by atoms with van der Waals surface area (Å²) in [5, 5.41) is 0. The topological polar surface area (TPSA) is 98.4 Å². The molecule has 0 saturated heterocycles. The van der Waals surface area contributed by atoms with Crippen LogP contribution in [0.1, 0.15) is 5.69 Å². The summed E-state index contributed by atoms with van der Waals surface area (Å²) < 4.78 is 30.9. The Morgan fingerprint density at radius 2 is 1.86 bits per heavy atom. The van der Waals surface area contributed by atoms with E-state index in [-0.39, 0.29) is 9.67 Å². The van der Waals surface area contributed by atoms with E-state index in [0.717, 1.165) is 13.1 Å². The van der Waals surface area contributed by atoms with Crippen LogP contribution >= 0.6 is 0 Å². The lowest BCUT2D eigenvalue weighted by Crippen LogP contribution is -2.41. The van der Waals surface area contributed by atoms with Crippen LogP contribution in [0.15, 0.2) is 15.7 Å². The molecule has 0 aliphatic carbocycles. The monoisotopic (exact) mass is 220 g/mol. The summed E-state index contributed by atoms with van der Waals surface area (Å²) in [7, 11) is -3.54. The summed E-state index contributed by atoms with van der Waals surface area (Å²) in [6, 6.07) is 0.940. The van der Waals surface area contributed by atoms with Crippen LogP contribution in [0.25, 0.3) is 0 Å². The molecule has 0 amide bonds. The van der Waals surface area contributed by atoms with Crippen molar-refractivity contribution in [2.24, 2.45) is 7.05 Å². The Labute approximate surface area is 79.1 Å². The molecule has 0 saturated carbocycles. The van der Waals surface area contributed by atoms with Crippen molar-refractivity contribution in [3.63, 3.8) is 0 Å². The van der Waals surface area contributed by atoms with Crippen LogP contribution in [0.5, 0.6) is 0 Å². The lowest BCUT2D eigenvalue weighted by molar-refractivity contribution is 0.465. The van der Waals surface area contributed by atoms with Crippen molar-refractivity contribution >= 4 is 10.3 Å². The van der Waals surface area contributed by atoms with Crippen molar-refractivity contribution in [3.8, 4) is 0 Å². The van der Waals surface area contributed by atoms with Crippen LogP contribution in [0.4, 0.5) is 0 Å². The average molecular weight is 220 g/mol. The molecule has 0 unspecified atom stereocenters. The Morgan fingerprint density at radius 3 is 2.29 bits per heavy atom. The molecule has 1 rings (SSSR count). The third-order valence-corrected chi connectivity index (χ3v) is 2.58. The van der Waals surface area contributed by atoms with Gasteiger partial charge in [0.15, 0.2) is 0 Å². The van der Waals surface area contributed by atoms with Gasteiger partial charge in [-0.25, -0.2) is 4.79 Å². The molecule has 78 valence electrons. The highest BCUT2D eigenvalue weighted by molar-refractivity contribution is 7.84. The van der Waals surface area contributed by atoms with Gasteiger partial charge in [0.25, 0.3) is 5.56 Å². The van der Waals surface area contributed by atoms with Gasteiger partial charge in [-0.2, -0.15) is 12.4 Å². The number of hydrogen-bond acceptors (Lipinski definition) is 4. The molecule has 0 aromatic carbocycles. The van der Waals surface area contributed by atoms with Crippen molar-refractivity contribution < 1.29 is 13.0 Å². The highest BCUT2D eigenvalue weighted by Gasteiger charge is 2.15. The number of aryl methyl sites for hydroxylation is 1. The van der Waals surface area contributed by atoms with Crippen LogP contribution in [-0.4, -0.2) is 21.5 Å². The highest BCUT2D eigenvalue weighted by atomic mass is 32.2. The van der Waals surface area contributed by atoms with Crippen LogP contribution in [0.2, 0.25) is 0 Å². The second-order valence-corrected chi connectivity index (χ2v) is 3.97. The largest absolute Gasteiger partial charge is 0.367 e. The van der Waals surface area contributed by atoms with E-state index in [1.54, 1.807) is 0 Å². The van der Waals surface area contributed by atoms with Gasteiger partial charge in [0.1, 0.15) is 0 Å². The predicted molar refractivity (Wildman–Crippen MR) is 47.6 cm³/mol. The van der Waals surface area contributed by atoms with Crippen molar-refractivity contribution in [2.75, 3.05) is 0 Å². The maximum atomic E-state index is 11.2. The van der Waals surface area contributed by atoms with Crippen molar-refractivity contribution in [1.29, 1.82) is 0 Å². The lowest BCUT2D eigenvalue weighted by Gasteiger charge is -2.06. The summed E-state index contributed by atoms with van der Waals surface area (Å²) in [5.41, 5.74) is -1.87. The van der Waals surface area contributed by atoms with Crippen molar-refractivity contribution in [3.05, 3.63) is 32.6 Å². The van der Waals surface area contributed by atoms with Crippen LogP contribution in [-0.2, 0) is 17.4 Å². The smallest absolute Gasteiger partial charge is 0.269 e. The zero-order valence-corrected chi connectivity index (χ0v) is 8.28. The fraction of sp³-hybridized carbons (Fsp3) is 0.333. The standard InChI is InChI=1S/C6H8N2O5S/c1-4-3-5(9)7(2)6(10)8(4)14(11,12)13/h3H,1-2H3,(H,11,12,13). The summed E-state index contributed by atoms with van der Waals surface area (Å²) >= 11 is 0. The van der Waals surface area contributed by atoms with Gasteiger partial charge in [0.2, 0.25) is 0 Å². The first kappa shape index (κ1) is 10.7. The second kappa shape index (κ2) is 3.07. The van der Waals surface area contributed by atoms with E-state index in [1.165, 1.54) is 6.92 Å². The van der Waals surface area contributed by atoms with E-state index in [9.17, 15) is 18.0 Å². The first-order valence-electron chi connectivity index (χ1n) is 3.53. The fourth-order valence-corrected chi connectivity index (χ4v) is 1.73. The molecule has 0 aliphatic rings. The predicted octanol–water partition coefficient (Wildman–Crippen LogP) is -1.49. The molecule has 0 radical (unpaired) electrons. The van der Waals surface area contributed by atoms with E-state index in [0.29, 0.717) is 4.57 Å². The average Bonchev–Trinajstić information content (AvgIpc) is 1.97. The molecule has 7 nitrogen and oxygen atoms in total. The molecular formula is C6H8N2O5S. The number of nitrogens with zero attached hydrogens (tertiary/aromatic N) is 2. The van der Waals surface area contributed by atoms with Gasteiger partial charge in [-0.15, -0.1) is 0 Å². The minimum Gasteiger partial charge on any atom is -0.269 e. The van der Waals surface area contributed by atoms with Crippen LogP contribution < -0.4 is 11.2 Å². The van der Waals surface area contributed by atoms with E-state index in [1.807, 2.05) is 0 Å². The maximum absolute atomic E-state index is 11.2. The van der Waals surface area contributed by atoms with Crippen molar-refractivity contribution in [1.82, 2.24) is 8.54 Å². The Bertz CT molecular complexity index is 579. The van der Waals surface area contributed by atoms with Gasteiger partial charge in [-0.1, -0.05) is 0 Å². The summed E-state index contributed by atoms with van der Waals surface area (Å²) in [4.78, 5) is 22.3. The molecule has 0 spiro atoms. The highest BCUT2D eigenvalue weighted by Crippen LogP contribution is 1.93. The minimum absolute atomic E-state index is 0.138. The van der Waals surface area contributed by atoms with Gasteiger partial charge in [0.05, 0.1) is 0 Å². The molecule has 0 bridgehead atoms. The maximum Gasteiger partial charge on any atom is 0.367 e. The Kier molecular flexibility index (Phi) is 2.34. The number of aromatic nitrogens is 2. The third kappa shape index (κ3) is 1.61. The minimum atomic E-state index is -4.66. The molecule has 0 aliphatic heterocycles. The molecule has 1 aromatic heterocycles. The molecular weight excluding hydrogens is 212 g/mol. The van der Waals surface area contributed by atoms with Crippen LogP contribution in [0.3, 0.4) is 0 Å². The molecule has 1 aromatic rings. The number of hydrogen-bond donors (Lipinski definition) is 1. The summed E-state index contributed by atoms with van der Waals surface area (Å²) in [6.45, 7) is 1.23. The van der Waals surface area contributed by atoms with Gasteiger partial charge < -0.3 is 0 Å². The molecule has 0 atom stereocenters. The van der Waals surface area contributed by atoms with Crippen LogP contribution in [0, 0.1) is 6.92 Å². The molecule has 8 heteroatoms. The van der Waals surface area contributed by atoms with Crippen molar-refractivity contribution in [2.45, 2.75) is 6.92 Å². The normalized spacial score (nSPS) is 11.6. The van der Waals surface area contributed by atoms with E-state index in [4.69, 9.17) is 4.55 Å². The third-order valence-electron chi connectivity index (χ3n) is 1.67. The SMILES string of the molecule is Cc1cc(=O)n(C)c(=O)n1S(=O)(=O)O. The Hall–Kier alpha value is -1.41. The summed E-state index contributed by atoms with van der Waals surface area (Å²) in [6.07, 6.45) is 0. The Morgan fingerprint density at radius 1 is 1.36 bits per heavy atom. The molecule has 1 N–H and O–H groups in total. The van der Waals surface area contributed by atoms with Gasteiger partial charge in [-0.05, 0) is 6.92 Å². The molecule has 1 heterocycles. The second-order valence-electron chi connectivity index (χ2n) is 2.71. The first-order valence-corrected chi connectivity index (χ1v) is 4.92. The van der Waals surface area contributed by atoms with Gasteiger partial charge >= 0.3 is 16.0 Å².